The van der Waals surface area contributed by atoms with Crippen LogP contribution in [0.25, 0.3) is 11.0 Å². The van der Waals surface area contributed by atoms with Crippen LogP contribution >= 0.6 is 12.2 Å². The highest BCUT2D eigenvalue weighted by Crippen LogP contribution is 2.26. The summed E-state index contributed by atoms with van der Waals surface area (Å²) in [6, 6.07) is 10.1. The van der Waals surface area contributed by atoms with Gasteiger partial charge in [-0.1, -0.05) is 25.1 Å². The SMILES string of the molecule is CCc1cccc(C)c1NC(=S)NNC(=O)c1oc2ccc(F)cc2c1C. The van der Waals surface area contributed by atoms with Gasteiger partial charge in [0.05, 0.1) is 0 Å². The monoisotopic (exact) mass is 385 g/mol. The number of benzene rings is 2. The topological polar surface area (TPSA) is 66.3 Å². The second-order valence-corrected chi connectivity index (χ2v) is 6.60. The van der Waals surface area contributed by atoms with Crippen molar-refractivity contribution in [3.8, 4) is 0 Å². The predicted octanol–water partition coefficient (Wildman–Crippen LogP) is 4.38. The molecule has 0 bridgehead atoms. The minimum absolute atomic E-state index is 0.107. The summed E-state index contributed by atoms with van der Waals surface area (Å²) >= 11 is 5.27. The number of hydrogen-bond acceptors (Lipinski definition) is 3. The Hall–Kier alpha value is -2.93. The number of hydrazine groups is 1. The first-order chi connectivity index (χ1) is 12.9. The number of thiocarbonyl (C=S) groups is 1. The number of carbonyl (C=O) groups is 1. The normalized spacial score (nSPS) is 10.7. The van der Waals surface area contributed by atoms with Crippen LogP contribution in [0.1, 0.15) is 34.2 Å². The van der Waals surface area contributed by atoms with Gasteiger partial charge in [-0.3, -0.25) is 15.6 Å². The van der Waals surface area contributed by atoms with Crippen molar-refractivity contribution >= 4 is 39.9 Å². The van der Waals surface area contributed by atoms with Crippen LogP contribution in [0.15, 0.2) is 40.8 Å². The maximum Gasteiger partial charge on any atom is 0.305 e. The molecule has 1 aromatic heterocycles. The summed E-state index contributed by atoms with van der Waals surface area (Å²) in [7, 11) is 0. The van der Waals surface area contributed by atoms with E-state index in [0.717, 1.165) is 23.2 Å². The molecular weight excluding hydrogens is 365 g/mol. The van der Waals surface area contributed by atoms with E-state index in [2.05, 4.69) is 23.1 Å². The van der Waals surface area contributed by atoms with E-state index in [9.17, 15) is 9.18 Å². The molecular formula is C20H20FN3O2S. The smallest absolute Gasteiger partial charge is 0.305 e. The predicted molar refractivity (Wildman–Crippen MR) is 108 cm³/mol. The molecule has 3 rings (SSSR count). The summed E-state index contributed by atoms with van der Waals surface area (Å²) in [6.07, 6.45) is 0.855. The first kappa shape index (κ1) is 18.8. The van der Waals surface area contributed by atoms with E-state index in [4.69, 9.17) is 16.6 Å². The number of amides is 1. The molecule has 27 heavy (non-hydrogen) atoms. The van der Waals surface area contributed by atoms with Crippen molar-refractivity contribution < 1.29 is 13.6 Å². The zero-order valence-corrected chi connectivity index (χ0v) is 16.1. The van der Waals surface area contributed by atoms with Crippen LogP contribution in [-0.4, -0.2) is 11.0 Å². The fourth-order valence-electron chi connectivity index (χ4n) is 2.93. The minimum Gasteiger partial charge on any atom is -0.451 e. The zero-order valence-electron chi connectivity index (χ0n) is 15.3. The number of nitrogens with one attached hydrogen (secondary N) is 3. The molecule has 0 fully saturated rings. The number of hydrogen-bond donors (Lipinski definition) is 3. The molecule has 3 N–H and O–H groups in total. The summed E-state index contributed by atoms with van der Waals surface area (Å²) in [5.41, 5.74) is 9.31. The Kier molecular flexibility index (Phi) is 5.41. The summed E-state index contributed by atoms with van der Waals surface area (Å²) in [5, 5.41) is 3.93. The average Bonchev–Trinajstić information content (AvgIpc) is 2.97. The van der Waals surface area contributed by atoms with Crippen molar-refractivity contribution in [2.45, 2.75) is 27.2 Å². The third-order valence-corrected chi connectivity index (χ3v) is 4.58. The number of anilines is 1. The van der Waals surface area contributed by atoms with Crippen molar-refractivity contribution in [1.82, 2.24) is 10.9 Å². The van der Waals surface area contributed by atoms with Crippen LogP contribution in [0.3, 0.4) is 0 Å². The molecule has 5 nitrogen and oxygen atoms in total. The van der Waals surface area contributed by atoms with Gasteiger partial charge in [0.1, 0.15) is 11.4 Å². The first-order valence-electron chi connectivity index (χ1n) is 8.55. The Morgan fingerprint density at radius 1 is 1.19 bits per heavy atom. The molecule has 3 aromatic rings. The van der Waals surface area contributed by atoms with Gasteiger partial charge in [0, 0.05) is 16.6 Å². The average molecular weight is 385 g/mol. The lowest BCUT2D eigenvalue weighted by atomic mass is 10.1. The molecule has 0 saturated heterocycles. The van der Waals surface area contributed by atoms with Crippen molar-refractivity contribution in [2.75, 3.05) is 5.32 Å². The molecule has 0 unspecified atom stereocenters. The highest BCUT2D eigenvalue weighted by Gasteiger charge is 2.18. The van der Waals surface area contributed by atoms with E-state index in [1.54, 1.807) is 6.92 Å². The van der Waals surface area contributed by atoms with Crippen LogP contribution < -0.4 is 16.2 Å². The van der Waals surface area contributed by atoms with Gasteiger partial charge in [0.25, 0.3) is 0 Å². The van der Waals surface area contributed by atoms with Crippen LogP contribution in [0, 0.1) is 19.7 Å². The highest BCUT2D eigenvalue weighted by molar-refractivity contribution is 7.80. The quantitative estimate of drug-likeness (QED) is 0.461. The summed E-state index contributed by atoms with van der Waals surface area (Å²) in [5.74, 6) is -0.767. The van der Waals surface area contributed by atoms with Crippen LogP contribution in [-0.2, 0) is 6.42 Å². The van der Waals surface area contributed by atoms with Crippen molar-refractivity contribution in [1.29, 1.82) is 0 Å². The molecule has 0 aliphatic heterocycles. The lowest BCUT2D eigenvalue weighted by Gasteiger charge is -2.16. The number of halogens is 1. The largest absolute Gasteiger partial charge is 0.451 e. The molecule has 0 radical (unpaired) electrons. The minimum atomic E-state index is -0.492. The Balaban J connectivity index is 1.69. The third-order valence-electron chi connectivity index (χ3n) is 4.37. The molecule has 0 aliphatic rings. The Morgan fingerprint density at radius 3 is 2.70 bits per heavy atom. The molecule has 7 heteroatoms. The van der Waals surface area contributed by atoms with Gasteiger partial charge in [0.15, 0.2) is 10.9 Å². The maximum atomic E-state index is 13.4. The van der Waals surface area contributed by atoms with E-state index >= 15 is 0 Å². The van der Waals surface area contributed by atoms with Gasteiger partial charge >= 0.3 is 5.91 Å². The number of fused-ring (bicyclic) bond motifs is 1. The molecule has 0 aliphatic carbocycles. The Labute approximate surface area is 161 Å². The lowest BCUT2D eigenvalue weighted by Crippen LogP contribution is -2.44. The summed E-state index contributed by atoms with van der Waals surface area (Å²) < 4.78 is 18.9. The van der Waals surface area contributed by atoms with E-state index in [0.29, 0.717) is 16.5 Å². The van der Waals surface area contributed by atoms with Gasteiger partial charge in [-0.25, -0.2) is 4.39 Å². The van der Waals surface area contributed by atoms with Crippen molar-refractivity contribution in [3.05, 3.63) is 64.7 Å². The Bertz CT molecular complexity index is 1030. The van der Waals surface area contributed by atoms with E-state index < -0.39 is 5.91 Å². The van der Waals surface area contributed by atoms with Crippen molar-refractivity contribution in [2.24, 2.45) is 0 Å². The second-order valence-electron chi connectivity index (χ2n) is 6.19. The highest BCUT2D eigenvalue weighted by atomic mass is 32.1. The van der Waals surface area contributed by atoms with E-state index in [1.807, 2.05) is 25.1 Å². The number of carbonyl (C=O) groups excluding carboxylic acids is 1. The third kappa shape index (κ3) is 3.93. The Morgan fingerprint density at radius 2 is 1.96 bits per heavy atom. The van der Waals surface area contributed by atoms with Crippen LogP contribution in [0.4, 0.5) is 10.1 Å². The van der Waals surface area contributed by atoms with Gasteiger partial charge in [-0.15, -0.1) is 0 Å². The maximum absolute atomic E-state index is 13.4. The number of furan rings is 1. The molecule has 1 heterocycles. The van der Waals surface area contributed by atoms with Gasteiger partial charge in [-0.05, 0) is 61.8 Å². The number of rotatable bonds is 3. The standard InChI is InChI=1S/C20H20FN3O2S/c1-4-13-7-5-6-11(2)17(13)22-20(27)24-23-19(25)18-12(3)15-10-14(21)8-9-16(15)26-18/h5-10H,4H2,1-3H3,(H,23,25)(H2,22,24,27). The summed E-state index contributed by atoms with van der Waals surface area (Å²) in [4.78, 5) is 12.4. The van der Waals surface area contributed by atoms with Crippen LogP contribution in [0.5, 0.6) is 0 Å². The first-order valence-corrected chi connectivity index (χ1v) is 8.96. The zero-order chi connectivity index (χ0) is 19.6. The molecule has 1 amide bonds. The van der Waals surface area contributed by atoms with Crippen LogP contribution in [0.2, 0.25) is 0 Å². The molecule has 0 atom stereocenters. The van der Waals surface area contributed by atoms with Gasteiger partial charge in [-0.2, -0.15) is 0 Å². The summed E-state index contributed by atoms with van der Waals surface area (Å²) in [6.45, 7) is 5.75. The lowest BCUT2D eigenvalue weighted by molar-refractivity contribution is 0.0917. The van der Waals surface area contributed by atoms with Crippen molar-refractivity contribution in [3.63, 3.8) is 0 Å². The van der Waals surface area contributed by atoms with E-state index in [-0.39, 0.29) is 16.7 Å². The molecule has 2 aromatic carbocycles. The second kappa shape index (κ2) is 7.75. The molecule has 0 saturated carbocycles. The molecule has 0 spiro atoms. The fourth-order valence-corrected chi connectivity index (χ4v) is 3.08. The fraction of sp³-hybridized carbons (Fsp3) is 0.200. The number of para-hydroxylation sites is 1. The molecule has 140 valence electrons. The van der Waals surface area contributed by atoms with Gasteiger partial charge < -0.3 is 9.73 Å². The van der Waals surface area contributed by atoms with Gasteiger partial charge in [0.2, 0.25) is 0 Å². The van der Waals surface area contributed by atoms with E-state index in [1.165, 1.54) is 18.2 Å². The number of aryl methyl sites for hydroxylation is 3.